The molecule has 2 heterocycles. The van der Waals surface area contributed by atoms with Crippen LogP contribution in [0.4, 0.5) is 4.79 Å². The molecule has 1 aromatic heterocycles. The number of methoxy groups -OCH3 is 1. The maximum Gasteiger partial charge on any atom is 0.335 e. The van der Waals surface area contributed by atoms with Gasteiger partial charge in [0.25, 0.3) is 0 Å². The molecule has 1 aliphatic heterocycles. The number of carboxylic acid groups (broad SMARTS) is 1. The van der Waals surface area contributed by atoms with E-state index in [1.807, 2.05) is 12.3 Å². The van der Waals surface area contributed by atoms with Gasteiger partial charge in [0.15, 0.2) is 0 Å². The van der Waals surface area contributed by atoms with Crippen LogP contribution < -0.4 is 10.1 Å². The minimum atomic E-state index is -0.973. The van der Waals surface area contributed by atoms with E-state index in [0.29, 0.717) is 38.6 Å². The number of aromatic nitrogens is 1. The number of aromatic carboxylic acids is 1. The summed E-state index contributed by atoms with van der Waals surface area (Å²) in [4.78, 5) is 29.0. The van der Waals surface area contributed by atoms with Gasteiger partial charge >= 0.3 is 12.0 Å². The Morgan fingerprint density at radius 3 is 2.69 bits per heavy atom. The lowest BCUT2D eigenvalue weighted by atomic mass is 9.86. The number of benzene rings is 2. The average molecular weight is 480 g/mol. The van der Waals surface area contributed by atoms with Gasteiger partial charge in [0.1, 0.15) is 5.75 Å². The van der Waals surface area contributed by atoms with Crippen molar-refractivity contribution < 1.29 is 24.2 Å². The number of hydrogen-bond acceptors (Lipinski definition) is 4. The third kappa shape index (κ3) is 5.59. The van der Waals surface area contributed by atoms with Crippen LogP contribution in [0.2, 0.25) is 0 Å². The maximum absolute atomic E-state index is 12.4. The highest BCUT2D eigenvalue weighted by Crippen LogP contribution is 2.39. The molecule has 2 amide bonds. The minimum Gasteiger partial charge on any atom is -0.496 e. The Hall–Kier alpha value is -3.52. The summed E-state index contributed by atoms with van der Waals surface area (Å²) in [6.07, 6.45) is 4.63. The van der Waals surface area contributed by atoms with Crippen molar-refractivity contribution in [1.82, 2.24) is 15.2 Å². The number of carbonyl (C=O) groups is 2. The molecule has 8 heteroatoms. The van der Waals surface area contributed by atoms with E-state index in [2.05, 4.69) is 35.4 Å². The van der Waals surface area contributed by atoms with Gasteiger partial charge in [-0.25, -0.2) is 9.59 Å². The van der Waals surface area contributed by atoms with E-state index in [9.17, 15) is 14.7 Å². The molecule has 186 valence electrons. The average Bonchev–Trinajstić information content (AvgIpc) is 3.30. The van der Waals surface area contributed by atoms with Gasteiger partial charge in [-0.05, 0) is 48.2 Å². The van der Waals surface area contributed by atoms with E-state index in [-0.39, 0.29) is 17.5 Å². The van der Waals surface area contributed by atoms with Crippen molar-refractivity contribution in [3.8, 4) is 5.75 Å². The number of aromatic amines is 1. The maximum atomic E-state index is 12.4. The number of H-pyrrole nitrogens is 1. The lowest BCUT2D eigenvalue weighted by Crippen LogP contribution is -2.46. The van der Waals surface area contributed by atoms with Gasteiger partial charge in [-0.3, -0.25) is 0 Å². The zero-order valence-corrected chi connectivity index (χ0v) is 20.3. The number of urea groups is 1. The van der Waals surface area contributed by atoms with Gasteiger partial charge in [0, 0.05) is 48.2 Å². The Balaban J connectivity index is 1.55. The number of rotatable bonds is 9. The van der Waals surface area contributed by atoms with Crippen molar-refractivity contribution in [2.75, 3.05) is 40.0 Å². The van der Waals surface area contributed by atoms with Crippen molar-refractivity contribution in [1.29, 1.82) is 0 Å². The number of carbonyl (C=O) groups excluding carboxylic acids is 1. The Labute approximate surface area is 205 Å². The molecule has 3 aromatic rings. The highest BCUT2D eigenvalue weighted by Gasteiger charge is 2.22. The fraction of sp³-hybridized carbons (Fsp3) is 0.407. The van der Waals surface area contributed by atoms with Crippen molar-refractivity contribution in [2.24, 2.45) is 0 Å². The van der Waals surface area contributed by atoms with Crippen LogP contribution in [-0.2, 0) is 11.2 Å². The third-order valence-corrected chi connectivity index (χ3v) is 6.57. The quantitative estimate of drug-likeness (QED) is 0.422. The highest BCUT2D eigenvalue weighted by atomic mass is 16.5. The topological polar surface area (TPSA) is 104 Å². The normalized spacial score (nSPS) is 14.6. The highest BCUT2D eigenvalue weighted by molar-refractivity contribution is 5.89. The first kappa shape index (κ1) is 24.6. The zero-order valence-electron chi connectivity index (χ0n) is 20.3. The summed E-state index contributed by atoms with van der Waals surface area (Å²) in [5, 5.41) is 13.5. The monoisotopic (exact) mass is 479 g/mol. The molecule has 35 heavy (non-hydrogen) atoms. The molecule has 0 spiro atoms. The van der Waals surface area contributed by atoms with Crippen LogP contribution in [0.1, 0.15) is 52.7 Å². The van der Waals surface area contributed by atoms with Crippen LogP contribution in [-0.4, -0.2) is 66.9 Å². The summed E-state index contributed by atoms with van der Waals surface area (Å²) < 4.78 is 10.9. The van der Waals surface area contributed by atoms with Crippen LogP contribution >= 0.6 is 0 Å². The predicted octanol–water partition coefficient (Wildman–Crippen LogP) is 4.39. The second-order valence-electron chi connectivity index (χ2n) is 8.81. The van der Waals surface area contributed by atoms with Gasteiger partial charge in [0.05, 0.1) is 25.9 Å². The molecule has 1 fully saturated rings. The molecule has 0 radical (unpaired) electrons. The van der Waals surface area contributed by atoms with E-state index in [4.69, 9.17) is 9.47 Å². The fourth-order valence-electron chi connectivity index (χ4n) is 4.72. The smallest absolute Gasteiger partial charge is 0.335 e. The SMILES string of the molecule is CCCC(c1ccc(C(=O)O)cc1OC)c1c[nH]c2ccc(CCNC(=O)N3CCOCC3)cc12. The third-order valence-electron chi connectivity index (χ3n) is 6.57. The van der Waals surface area contributed by atoms with Gasteiger partial charge in [-0.2, -0.15) is 0 Å². The van der Waals surface area contributed by atoms with Crippen LogP contribution in [0.3, 0.4) is 0 Å². The van der Waals surface area contributed by atoms with E-state index < -0.39 is 5.97 Å². The van der Waals surface area contributed by atoms with Crippen molar-refractivity contribution in [3.63, 3.8) is 0 Å². The molecule has 2 aromatic carbocycles. The van der Waals surface area contributed by atoms with Gasteiger partial charge in [-0.15, -0.1) is 0 Å². The van der Waals surface area contributed by atoms with Gasteiger partial charge < -0.3 is 29.8 Å². The van der Waals surface area contributed by atoms with Crippen molar-refractivity contribution in [3.05, 3.63) is 64.8 Å². The number of carboxylic acids is 1. The summed E-state index contributed by atoms with van der Waals surface area (Å²) in [5.74, 6) is -0.332. The minimum absolute atomic E-state index is 0.0448. The molecule has 1 atom stereocenters. The first-order chi connectivity index (χ1) is 17.0. The van der Waals surface area contributed by atoms with Crippen LogP contribution in [0, 0.1) is 0 Å². The Bertz CT molecular complexity index is 1180. The predicted molar refractivity (Wildman–Crippen MR) is 134 cm³/mol. The summed E-state index contributed by atoms with van der Waals surface area (Å²) in [5.41, 5.74) is 4.53. The number of nitrogens with zero attached hydrogens (tertiary/aromatic N) is 1. The standard InChI is InChI=1S/C27H33N3O5/c1-3-4-20(21-7-6-19(26(31)32)16-25(21)34-2)23-17-29-24-8-5-18(15-22(23)24)9-10-28-27(33)30-11-13-35-14-12-30/h5-8,15-17,20,29H,3-4,9-14H2,1-2H3,(H,28,33)(H,31,32). The molecule has 3 N–H and O–H groups in total. The summed E-state index contributed by atoms with van der Waals surface area (Å²) in [6, 6.07) is 11.4. The Morgan fingerprint density at radius 1 is 1.17 bits per heavy atom. The Kier molecular flexibility index (Phi) is 7.92. The lowest BCUT2D eigenvalue weighted by molar-refractivity contribution is 0.0533. The van der Waals surface area contributed by atoms with Gasteiger partial charge in [0.2, 0.25) is 0 Å². The molecule has 0 saturated carbocycles. The number of amides is 2. The summed E-state index contributed by atoms with van der Waals surface area (Å²) in [7, 11) is 1.58. The summed E-state index contributed by atoms with van der Waals surface area (Å²) >= 11 is 0. The number of nitrogens with one attached hydrogen (secondary N) is 2. The van der Waals surface area contributed by atoms with E-state index in [1.165, 1.54) is 0 Å². The number of hydrogen-bond donors (Lipinski definition) is 3. The largest absolute Gasteiger partial charge is 0.496 e. The van der Waals surface area contributed by atoms with Gasteiger partial charge in [-0.1, -0.05) is 25.5 Å². The first-order valence-electron chi connectivity index (χ1n) is 12.1. The van der Waals surface area contributed by atoms with E-state index >= 15 is 0 Å². The summed E-state index contributed by atoms with van der Waals surface area (Å²) in [6.45, 7) is 5.12. The lowest BCUT2D eigenvalue weighted by Gasteiger charge is -2.26. The first-order valence-corrected chi connectivity index (χ1v) is 12.1. The second-order valence-corrected chi connectivity index (χ2v) is 8.81. The molecule has 1 unspecified atom stereocenters. The molecule has 0 bridgehead atoms. The molecular formula is C27H33N3O5. The zero-order chi connectivity index (χ0) is 24.8. The molecule has 8 nitrogen and oxygen atoms in total. The molecule has 1 saturated heterocycles. The molecular weight excluding hydrogens is 446 g/mol. The number of fused-ring (bicyclic) bond motifs is 1. The molecule has 0 aliphatic carbocycles. The second kappa shape index (κ2) is 11.3. The molecule has 1 aliphatic rings. The molecule has 4 rings (SSSR count). The van der Waals surface area contributed by atoms with Crippen molar-refractivity contribution >= 4 is 22.9 Å². The van der Waals surface area contributed by atoms with E-state index in [1.54, 1.807) is 24.1 Å². The Morgan fingerprint density at radius 2 is 1.97 bits per heavy atom. The van der Waals surface area contributed by atoms with Crippen LogP contribution in [0.15, 0.2) is 42.6 Å². The number of morpholine rings is 1. The van der Waals surface area contributed by atoms with Crippen molar-refractivity contribution in [2.45, 2.75) is 32.1 Å². The van der Waals surface area contributed by atoms with E-state index in [0.717, 1.165) is 46.9 Å². The van der Waals surface area contributed by atoms with Crippen LogP contribution in [0.25, 0.3) is 10.9 Å². The van der Waals surface area contributed by atoms with Crippen LogP contribution in [0.5, 0.6) is 5.75 Å². The fourth-order valence-corrected chi connectivity index (χ4v) is 4.72. The number of ether oxygens (including phenoxy) is 2.